The first-order chi connectivity index (χ1) is 9.89. The van der Waals surface area contributed by atoms with Gasteiger partial charge < -0.3 is 10.2 Å². The van der Waals surface area contributed by atoms with E-state index in [-0.39, 0.29) is 30.0 Å². The van der Waals surface area contributed by atoms with Crippen molar-refractivity contribution in [1.29, 1.82) is 0 Å². The van der Waals surface area contributed by atoms with Crippen molar-refractivity contribution >= 4 is 15.7 Å². The molecule has 0 aliphatic carbocycles. The molecule has 21 heavy (non-hydrogen) atoms. The fourth-order valence-electron chi connectivity index (χ4n) is 2.52. The van der Waals surface area contributed by atoms with Gasteiger partial charge in [-0.1, -0.05) is 24.3 Å². The van der Waals surface area contributed by atoms with E-state index < -0.39 is 9.84 Å². The van der Waals surface area contributed by atoms with Crippen molar-refractivity contribution in [3.05, 3.63) is 35.4 Å². The molecule has 1 aliphatic rings. The first kappa shape index (κ1) is 16.0. The molecule has 0 saturated carbocycles. The van der Waals surface area contributed by atoms with Crippen LogP contribution in [0.15, 0.2) is 24.3 Å². The second-order valence-electron chi connectivity index (χ2n) is 5.59. The van der Waals surface area contributed by atoms with Gasteiger partial charge in [0.25, 0.3) is 0 Å². The van der Waals surface area contributed by atoms with Gasteiger partial charge in [0, 0.05) is 19.6 Å². The highest BCUT2D eigenvalue weighted by atomic mass is 32.2. The summed E-state index contributed by atoms with van der Waals surface area (Å²) in [5.74, 6) is 0.213. The van der Waals surface area contributed by atoms with E-state index in [1.54, 1.807) is 11.9 Å². The van der Waals surface area contributed by atoms with Gasteiger partial charge in [0.2, 0.25) is 5.91 Å². The molecule has 2 rings (SSSR count). The second kappa shape index (κ2) is 6.58. The van der Waals surface area contributed by atoms with Crippen molar-refractivity contribution < 1.29 is 13.2 Å². The molecule has 1 atom stereocenters. The van der Waals surface area contributed by atoms with Gasteiger partial charge in [-0.3, -0.25) is 4.79 Å². The molecule has 1 unspecified atom stereocenters. The molecular weight excluding hydrogens is 288 g/mol. The number of nitrogens with one attached hydrogen (secondary N) is 1. The van der Waals surface area contributed by atoms with Gasteiger partial charge in [0.15, 0.2) is 9.84 Å². The topological polar surface area (TPSA) is 66.5 Å². The Hall–Kier alpha value is -1.40. The van der Waals surface area contributed by atoms with Gasteiger partial charge >= 0.3 is 0 Å². The van der Waals surface area contributed by atoms with Crippen LogP contribution in [0.3, 0.4) is 0 Å². The zero-order valence-corrected chi connectivity index (χ0v) is 13.3. The quantitative estimate of drug-likeness (QED) is 0.871. The zero-order valence-electron chi connectivity index (χ0n) is 12.5. The van der Waals surface area contributed by atoms with Gasteiger partial charge in [0.05, 0.1) is 18.1 Å². The molecule has 1 amide bonds. The number of likely N-dealkylation sites (N-methyl/N-ethyl adjacent to an activating group) is 1. The summed E-state index contributed by atoms with van der Waals surface area (Å²) in [6.45, 7) is 2.89. The number of benzene rings is 1. The molecule has 1 saturated heterocycles. The molecule has 1 fully saturated rings. The molecular formula is C15H22N2O3S. The SMILES string of the molecule is Cc1ccccc1CNCC(=O)N(C)C1CCS(=O)(=O)C1. The largest absolute Gasteiger partial charge is 0.341 e. The van der Waals surface area contributed by atoms with Crippen LogP contribution in [0.2, 0.25) is 0 Å². The van der Waals surface area contributed by atoms with E-state index in [2.05, 4.69) is 5.32 Å². The Kier molecular flexibility index (Phi) is 5.00. The van der Waals surface area contributed by atoms with Crippen LogP contribution in [0.5, 0.6) is 0 Å². The van der Waals surface area contributed by atoms with Gasteiger partial charge in [-0.05, 0) is 24.5 Å². The summed E-state index contributed by atoms with van der Waals surface area (Å²) in [5.41, 5.74) is 2.35. The molecule has 1 aromatic carbocycles. The Morgan fingerprint density at radius 1 is 1.38 bits per heavy atom. The van der Waals surface area contributed by atoms with Crippen LogP contribution in [0, 0.1) is 6.92 Å². The third kappa shape index (κ3) is 4.28. The molecule has 1 N–H and O–H groups in total. The molecule has 1 heterocycles. The first-order valence-electron chi connectivity index (χ1n) is 7.10. The lowest BCUT2D eigenvalue weighted by atomic mass is 10.1. The molecule has 116 valence electrons. The van der Waals surface area contributed by atoms with E-state index in [9.17, 15) is 13.2 Å². The Morgan fingerprint density at radius 2 is 2.10 bits per heavy atom. The Morgan fingerprint density at radius 3 is 2.71 bits per heavy atom. The second-order valence-corrected chi connectivity index (χ2v) is 7.82. The van der Waals surface area contributed by atoms with Gasteiger partial charge in [-0.2, -0.15) is 0 Å². The number of nitrogens with zero attached hydrogens (tertiary/aromatic N) is 1. The van der Waals surface area contributed by atoms with Crippen molar-refractivity contribution in [2.45, 2.75) is 25.9 Å². The van der Waals surface area contributed by atoms with Crippen LogP contribution in [-0.4, -0.2) is 50.4 Å². The van der Waals surface area contributed by atoms with Crippen LogP contribution in [0.1, 0.15) is 17.5 Å². The first-order valence-corrected chi connectivity index (χ1v) is 8.92. The zero-order chi connectivity index (χ0) is 15.5. The van der Waals surface area contributed by atoms with Crippen molar-refractivity contribution in [2.24, 2.45) is 0 Å². The summed E-state index contributed by atoms with van der Waals surface area (Å²) >= 11 is 0. The lowest BCUT2D eigenvalue weighted by molar-refractivity contribution is -0.130. The van der Waals surface area contributed by atoms with Crippen molar-refractivity contribution in [2.75, 3.05) is 25.1 Å². The summed E-state index contributed by atoms with van der Waals surface area (Å²) in [6, 6.07) is 7.84. The van der Waals surface area contributed by atoms with Crippen LogP contribution < -0.4 is 5.32 Å². The van der Waals surface area contributed by atoms with Crippen molar-refractivity contribution in [3.8, 4) is 0 Å². The van der Waals surface area contributed by atoms with Gasteiger partial charge in [-0.25, -0.2) is 8.42 Å². The number of hydrogen-bond donors (Lipinski definition) is 1. The highest BCUT2D eigenvalue weighted by molar-refractivity contribution is 7.91. The fraction of sp³-hybridized carbons (Fsp3) is 0.533. The fourth-order valence-corrected chi connectivity index (χ4v) is 4.30. The van der Waals surface area contributed by atoms with Crippen molar-refractivity contribution in [1.82, 2.24) is 10.2 Å². The molecule has 0 radical (unpaired) electrons. The number of carbonyl (C=O) groups excluding carboxylic acids is 1. The Labute approximate surface area is 126 Å². The average Bonchev–Trinajstić information content (AvgIpc) is 2.80. The number of hydrogen-bond acceptors (Lipinski definition) is 4. The number of rotatable bonds is 5. The molecule has 1 aromatic rings. The maximum Gasteiger partial charge on any atom is 0.236 e. The summed E-state index contributed by atoms with van der Waals surface area (Å²) in [7, 11) is -1.27. The van der Waals surface area contributed by atoms with E-state index >= 15 is 0 Å². The minimum absolute atomic E-state index is 0.0642. The third-order valence-electron chi connectivity index (χ3n) is 4.00. The van der Waals surface area contributed by atoms with Crippen molar-refractivity contribution in [3.63, 3.8) is 0 Å². The lowest BCUT2D eigenvalue weighted by Gasteiger charge is -2.23. The van der Waals surface area contributed by atoms with Crippen LogP contribution >= 0.6 is 0 Å². The maximum absolute atomic E-state index is 12.1. The van der Waals surface area contributed by atoms with Crippen LogP contribution in [0.25, 0.3) is 0 Å². The molecule has 6 heteroatoms. The minimum Gasteiger partial charge on any atom is -0.341 e. The molecule has 1 aliphatic heterocycles. The van der Waals surface area contributed by atoms with E-state index in [0.717, 1.165) is 5.56 Å². The monoisotopic (exact) mass is 310 g/mol. The minimum atomic E-state index is -2.96. The molecule has 0 bridgehead atoms. The summed E-state index contributed by atoms with van der Waals surface area (Å²) < 4.78 is 22.9. The highest BCUT2D eigenvalue weighted by Crippen LogP contribution is 2.16. The summed E-state index contributed by atoms with van der Waals surface area (Å²) in [5, 5.41) is 3.13. The Bertz CT molecular complexity index is 613. The summed E-state index contributed by atoms with van der Waals surface area (Å²) in [4.78, 5) is 13.6. The summed E-state index contributed by atoms with van der Waals surface area (Å²) in [6.07, 6.45) is 0.544. The predicted molar refractivity (Wildman–Crippen MR) is 82.7 cm³/mol. The predicted octanol–water partition coefficient (Wildman–Crippen LogP) is 0.730. The molecule has 5 nitrogen and oxygen atoms in total. The van der Waals surface area contributed by atoms with Crippen LogP contribution in [0.4, 0.5) is 0 Å². The average molecular weight is 310 g/mol. The van der Waals surface area contributed by atoms with E-state index in [1.807, 2.05) is 31.2 Å². The Balaban J connectivity index is 1.81. The number of sulfone groups is 1. The van der Waals surface area contributed by atoms with E-state index in [1.165, 1.54) is 5.56 Å². The van der Waals surface area contributed by atoms with E-state index in [4.69, 9.17) is 0 Å². The number of aryl methyl sites for hydroxylation is 1. The van der Waals surface area contributed by atoms with Gasteiger partial charge in [-0.15, -0.1) is 0 Å². The van der Waals surface area contributed by atoms with Crippen LogP contribution in [-0.2, 0) is 21.2 Å². The maximum atomic E-state index is 12.1. The van der Waals surface area contributed by atoms with Gasteiger partial charge in [0.1, 0.15) is 0 Å². The number of carbonyl (C=O) groups is 1. The molecule has 0 aromatic heterocycles. The molecule has 0 spiro atoms. The normalized spacial score (nSPS) is 20.4. The number of amides is 1. The van der Waals surface area contributed by atoms with E-state index in [0.29, 0.717) is 13.0 Å². The third-order valence-corrected chi connectivity index (χ3v) is 5.75. The highest BCUT2D eigenvalue weighted by Gasteiger charge is 2.32. The smallest absolute Gasteiger partial charge is 0.236 e. The lowest BCUT2D eigenvalue weighted by Crippen LogP contribution is -2.42. The standard InChI is InChI=1S/C15H22N2O3S/c1-12-5-3-4-6-13(12)9-16-10-15(18)17(2)14-7-8-21(19,20)11-14/h3-6,14,16H,7-11H2,1-2H3.